The maximum absolute atomic E-state index is 12.9. The number of phenolic OH excluding ortho intramolecular Hbond substituents is 1. The predicted octanol–water partition coefficient (Wildman–Crippen LogP) is 3.98. The SMILES string of the molecule is CCN(CC)C(C)COc1cc(O)c2c(=O)c(-c3ccccc3)c(O)oc2c1. The summed E-state index contributed by atoms with van der Waals surface area (Å²) in [5, 5.41) is 20.7. The molecule has 6 heteroatoms. The molecule has 3 rings (SSSR count). The van der Waals surface area contributed by atoms with Gasteiger partial charge in [-0.2, -0.15) is 0 Å². The molecule has 0 amide bonds. The number of ether oxygens (including phenoxy) is 1. The molecular formula is C22H25NO5. The molecule has 0 aliphatic carbocycles. The number of phenols is 1. The standard InChI is InChI=1S/C22H25NO5/c1-4-23(5-2)14(3)13-27-16-11-17(24)20-18(12-16)28-22(26)19(21(20)25)15-9-7-6-8-10-15/h6-12,14,24,26H,4-5,13H2,1-3H3. The van der Waals surface area contributed by atoms with Gasteiger partial charge in [0.2, 0.25) is 5.43 Å². The van der Waals surface area contributed by atoms with E-state index in [0.717, 1.165) is 13.1 Å². The van der Waals surface area contributed by atoms with Crippen LogP contribution in [-0.2, 0) is 0 Å². The molecule has 0 saturated heterocycles. The van der Waals surface area contributed by atoms with Crippen LogP contribution in [0.25, 0.3) is 22.1 Å². The van der Waals surface area contributed by atoms with Gasteiger partial charge in [0.05, 0.1) is 0 Å². The number of hydrogen-bond donors (Lipinski definition) is 2. The summed E-state index contributed by atoms with van der Waals surface area (Å²) in [6, 6.07) is 11.8. The van der Waals surface area contributed by atoms with Gasteiger partial charge in [0.25, 0.3) is 5.95 Å². The summed E-state index contributed by atoms with van der Waals surface area (Å²) in [5.74, 6) is -0.357. The lowest BCUT2D eigenvalue weighted by Crippen LogP contribution is -2.36. The molecule has 148 valence electrons. The van der Waals surface area contributed by atoms with Crippen LogP contribution in [0.3, 0.4) is 0 Å². The van der Waals surface area contributed by atoms with E-state index in [1.165, 1.54) is 12.1 Å². The average Bonchev–Trinajstić information content (AvgIpc) is 2.67. The lowest BCUT2D eigenvalue weighted by atomic mass is 10.0. The molecule has 1 atom stereocenters. The van der Waals surface area contributed by atoms with Gasteiger partial charge in [-0.3, -0.25) is 9.69 Å². The summed E-state index contributed by atoms with van der Waals surface area (Å²) in [5.41, 5.74) is 0.119. The molecule has 0 aliphatic heterocycles. The van der Waals surface area contributed by atoms with Gasteiger partial charge in [-0.25, -0.2) is 0 Å². The minimum absolute atomic E-state index is 0.0146. The predicted molar refractivity (Wildman–Crippen MR) is 109 cm³/mol. The van der Waals surface area contributed by atoms with Crippen LogP contribution in [0, 0.1) is 0 Å². The van der Waals surface area contributed by atoms with Crippen LogP contribution in [-0.4, -0.2) is 40.9 Å². The summed E-state index contributed by atoms with van der Waals surface area (Å²) in [4.78, 5) is 15.1. The van der Waals surface area contributed by atoms with E-state index >= 15 is 0 Å². The topological polar surface area (TPSA) is 83.1 Å². The number of nitrogens with zero attached hydrogens (tertiary/aromatic N) is 1. The smallest absolute Gasteiger partial charge is 0.294 e. The van der Waals surface area contributed by atoms with Crippen LogP contribution in [0.2, 0.25) is 0 Å². The van der Waals surface area contributed by atoms with Crippen molar-refractivity contribution in [1.29, 1.82) is 0 Å². The van der Waals surface area contributed by atoms with Gasteiger partial charge in [0, 0.05) is 18.2 Å². The third-order valence-electron chi connectivity index (χ3n) is 4.92. The zero-order valence-corrected chi connectivity index (χ0v) is 16.3. The second-order valence-electron chi connectivity index (χ2n) is 6.67. The average molecular weight is 383 g/mol. The Kier molecular flexibility index (Phi) is 5.90. The normalized spacial score (nSPS) is 12.4. The van der Waals surface area contributed by atoms with Gasteiger partial charge in [0.15, 0.2) is 0 Å². The Bertz CT molecular complexity index is 1010. The Labute approximate surface area is 163 Å². The minimum atomic E-state index is -0.495. The van der Waals surface area contributed by atoms with E-state index in [-0.39, 0.29) is 28.3 Å². The third-order valence-corrected chi connectivity index (χ3v) is 4.92. The largest absolute Gasteiger partial charge is 0.507 e. The minimum Gasteiger partial charge on any atom is -0.507 e. The molecule has 28 heavy (non-hydrogen) atoms. The lowest BCUT2D eigenvalue weighted by molar-refractivity contribution is 0.158. The van der Waals surface area contributed by atoms with Crippen LogP contribution in [0.4, 0.5) is 0 Å². The molecule has 0 fully saturated rings. The first-order valence-electron chi connectivity index (χ1n) is 9.41. The van der Waals surface area contributed by atoms with Crippen LogP contribution in [0.15, 0.2) is 51.7 Å². The van der Waals surface area contributed by atoms with E-state index < -0.39 is 11.4 Å². The first-order chi connectivity index (χ1) is 13.5. The molecule has 2 N–H and O–H groups in total. The summed E-state index contributed by atoms with van der Waals surface area (Å²) >= 11 is 0. The van der Waals surface area contributed by atoms with Crippen molar-refractivity contribution in [3.8, 4) is 28.6 Å². The lowest BCUT2D eigenvalue weighted by Gasteiger charge is -2.26. The van der Waals surface area contributed by atoms with Crippen molar-refractivity contribution < 1.29 is 19.4 Å². The number of fused-ring (bicyclic) bond motifs is 1. The molecule has 0 spiro atoms. The van der Waals surface area contributed by atoms with Crippen LogP contribution in [0.5, 0.6) is 17.4 Å². The number of aromatic hydroxyl groups is 2. The van der Waals surface area contributed by atoms with Crippen LogP contribution >= 0.6 is 0 Å². The van der Waals surface area contributed by atoms with Gasteiger partial charge in [-0.15, -0.1) is 0 Å². The molecule has 0 bridgehead atoms. The summed E-state index contributed by atoms with van der Waals surface area (Å²) < 4.78 is 11.2. The zero-order chi connectivity index (χ0) is 20.3. The maximum Gasteiger partial charge on any atom is 0.294 e. The Balaban J connectivity index is 1.98. The fourth-order valence-electron chi connectivity index (χ4n) is 3.37. The highest BCUT2D eigenvalue weighted by molar-refractivity contribution is 5.89. The van der Waals surface area contributed by atoms with E-state index in [9.17, 15) is 15.0 Å². The monoisotopic (exact) mass is 383 g/mol. The Morgan fingerprint density at radius 2 is 1.79 bits per heavy atom. The zero-order valence-electron chi connectivity index (χ0n) is 16.3. The molecule has 0 aliphatic rings. The molecule has 1 aromatic heterocycles. The Hall–Kier alpha value is -2.99. The molecule has 1 heterocycles. The van der Waals surface area contributed by atoms with E-state index in [0.29, 0.717) is 17.9 Å². The molecule has 0 saturated carbocycles. The van der Waals surface area contributed by atoms with E-state index in [1.807, 2.05) is 6.07 Å². The van der Waals surface area contributed by atoms with Crippen molar-refractivity contribution in [2.45, 2.75) is 26.8 Å². The van der Waals surface area contributed by atoms with Crippen LogP contribution in [0.1, 0.15) is 20.8 Å². The molecule has 3 aromatic rings. The second kappa shape index (κ2) is 8.35. The van der Waals surface area contributed by atoms with E-state index in [1.54, 1.807) is 24.3 Å². The number of benzene rings is 2. The van der Waals surface area contributed by atoms with Gasteiger partial charge >= 0.3 is 0 Å². The fraction of sp³-hybridized carbons (Fsp3) is 0.318. The third kappa shape index (κ3) is 3.82. The Morgan fingerprint density at radius 1 is 1.11 bits per heavy atom. The molecule has 6 nitrogen and oxygen atoms in total. The van der Waals surface area contributed by atoms with Crippen molar-refractivity contribution in [1.82, 2.24) is 4.90 Å². The molecule has 2 aromatic carbocycles. The highest BCUT2D eigenvalue weighted by Crippen LogP contribution is 2.35. The summed E-state index contributed by atoms with van der Waals surface area (Å²) in [6.45, 7) is 8.48. The first kappa shape index (κ1) is 19.8. The second-order valence-corrected chi connectivity index (χ2v) is 6.67. The van der Waals surface area contributed by atoms with Gasteiger partial charge < -0.3 is 19.4 Å². The highest BCUT2D eigenvalue weighted by Gasteiger charge is 2.19. The van der Waals surface area contributed by atoms with Crippen molar-refractivity contribution in [2.24, 2.45) is 0 Å². The number of rotatable bonds is 7. The molecule has 1 unspecified atom stereocenters. The Morgan fingerprint density at radius 3 is 2.43 bits per heavy atom. The maximum atomic E-state index is 12.9. The van der Waals surface area contributed by atoms with E-state index in [2.05, 4.69) is 25.7 Å². The highest BCUT2D eigenvalue weighted by atomic mass is 16.5. The summed E-state index contributed by atoms with van der Waals surface area (Å²) in [7, 11) is 0. The van der Waals surface area contributed by atoms with Gasteiger partial charge in [0.1, 0.15) is 34.6 Å². The fourth-order valence-corrected chi connectivity index (χ4v) is 3.37. The van der Waals surface area contributed by atoms with Crippen molar-refractivity contribution in [3.05, 3.63) is 52.7 Å². The molecule has 0 radical (unpaired) electrons. The van der Waals surface area contributed by atoms with Crippen molar-refractivity contribution in [3.63, 3.8) is 0 Å². The van der Waals surface area contributed by atoms with Crippen molar-refractivity contribution in [2.75, 3.05) is 19.7 Å². The first-order valence-corrected chi connectivity index (χ1v) is 9.41. The summed E-state index contributed by atoms with van der Waals surface area (Å²) in [6.07, 6.45) is 0. The van der Waals surface area contributed by atoms with Crippen molar-refractivity contribution >= 4 is 11.0 Å². The van der Waals surface area contributed by atoms with E-state index in [4.69, 9.17) is 9.15 Å². The van der Waals surface area contributed by atoms with Crippen LogP contribution < -0.4 is 10.2 Å². The quantitative estimate of drug-likeness (QED) is 0.642. The van der Waals surface area contributed by atoms with Gasteiger partial charge in [-0.1, -0.05) is 44.2 Å². The number of likely N-dealkylation sites (N-methyl/N-ethyl adjacent to an activating group) is 1. The number of hydrogen-bond acceptors (Lipinski definition) is 6. The van der Waals surface area contributed by atoms with Gasteiger partial charge in [-0.05, 0) is 25.6 Å². The molecular weight excluding hydrogens is 358 g/mol.